The van der Waals surface area contributed by atoms with Crippen molar-refractivity contribution in [1.29, 1.82) is 0 Å². The van der Waals surface area contributed by atoms with Crippen molar-refractivity contribution in [2.75, 3.05) is 12.4 Å². The zero-order valence-electron chi connectivity index (χ0n) is 19.7. The monoisotopic (exact) mass is 524 g/mol. The van der Waals surface area contributed by atoms with Gasteiger partial charge in [0.1, 0.15) is 29.8 Å². The topological polar surface area (TPSA) is 150 Å². The van der Waals surface area contributed by atoms with Gasteiger partial charge in [0.05, 0.1) is 6.42 Å². The van der Waals surface area contributed by atoms with Gasteiger partial charge in [0.25, 0.3) is 5.91 Å². The van der Waals surface area contributed by atoms with Crippen LogP contribution in [0.4, 0.5) is 0 Å². The summed E-state index contributed by atoms with van der Waals surface area (Å²) in [7, 11) is 0. The minimum absolute atomic E-state index is 0.190. The van der Waals surface area contributed by atoms with Gasteiger partial charge >= 0.3 is 11.9 Å². The smallest absolute Gasteiger partial charge is 0.352 e. The first-order valence-electron chi connectivity index (χ1n) is 11.4. The van der Waals surface area contributed by atoms with Gasteiger partial charge in [0, 0.05) is 23.8 Å². The van der Waals surface area contributed by atoms with Gasteiger partial charge in [-0.3, -0.25) is 24.1 Å². The number of benzene rings is 2. The number of nitrogens with zero attached hydrogens (tertiary/aromatic N) is 1. The molecule has 2 heterocycles. The summed E-state index contributed by atoms with van der Waals surface area (Å²) in [6.45, 7) is 0.942. The number of rotatable bonds is 9. The number of thioether (sulfide) groups is 1. The number of β-lactam (4-membered cyclic amide) rings is 1. The summed E-state index contributed by atoms with van der Waals surface area (Å²) in [6, 6.07) is 15.2. The fraction of sp³-hybridized carbons (Fsp3) is 0.269. The molecule has 0 spiro atoms. The summed E-state index contributed by atoms with van der Waals surface area (Å²) in [6.07, 6.45) is -2.17. The van der Waals surface area contributed by atoms with E-state index in [1.807, 2.05) is 30.3 Å². The first-order chi connectivity index (χ1) is 17.7. The van der Waals surface area contributed by atoms with Gasteiger partial charge in [0.15, 0.2) is 5.78 Å². The number of amides is 2. The number of ether oxygens (including phenoxy) is 1. The van der Waals surface area contributed by atoms with E-state index < -0.39 is 53.5 Å². The van der Waals surface area contributed by atoms with Crippen LogP contribution in [0.1, 0.15) is 23.7 Å². The van der Waals surface area contributed by atoms with Gasteiger partial charge in [-0.25, -0.2) is 4.79 Å². The molecule has 3 atom stereocenters. The van der Waals surface area contributed by atoms with Crippen molar-refractivity contribution in [2.24, 2.45) is 0 Å². The zero-order chi connectivity index (χ0) is 26.7. The SMILES string of the molecule is CC(=O)OCC1=C(C(=O)O)N2C(=O)[C@@H](NC(=O)CC(O)C(=O)c3ccc(-c4ccccc4)cc3)[C@H]2SC1. The number of ketones is 1. The quantitative estimate of drug-likeness (QED) is 0.252. The average molecular weight is 525 g/mol. The molecule has 2 amide bonds. The second-order valence-electron chi connectivity index (χ2n) is 8.52. The first kappa shape index (κ1) is 26.1. The maximum absolute atomic E-state index is 12.7. The normalized spacial score (nSPS) is 19.4. The predicted molar refractivity (Wildman–Crippen MR) is 133 cm³/mol. The van der Waals surface area contributed by atoms with Crippen molar-refractivity contribution in [2.45, 2.75) is 30.9 Å². The van der Waals surface area contributed by atoms with Crippen molar-refractivity contribution in [3.63, 3.8) is 0 Å². The highest BCUT2D eigenvalue weighted by molar-refractivity contribution is 8.00. The van der Waals surface area contributed by atoms with Crippen molar-refractivity contribution >= 4 is 41.3 Å². The lowest BCUT2D eigenvalue weighted by molar-refractivity contribution is -0.151. The Morgan fingerprint density at radius 3 is 2.35 bits per heavy atom. The Kier molecular flexibility index (Phi) is 7.74. The van der Waals surface area contributed by atoms with Crippen molar-refractivity contribution in [3.05, 3.63) is 71.4 Å². The third-order valence-corrected chi connectivity index (χ3v) is 7.31. The molecule has 0 bridgehead atoms. The van der Waals surface area contributed by atoms with Crippen LogP contribution in [0.15, 0.2) is 65.9 Å². The molecule has 1 saturated heterocycles. The summed E-state index contributed by atoms with van der Waals surface area (Å²) in [5.74, 6) is -3.72. The van der Waals surface area contributed by atoms with E-state index in [-0.39, 0.29) is 29.2 Å². The molecule has 0 aliphatic carbocycles. The molecule has 0 saturated carbocycles. The molecular weight excluding hydrogens is 500 g/mol. The highest BCUT2D eigenvalue weighted by Gasteiger charge is 2.54. The molecule has 4 rings (SSSR count). The van der Waals surface area contributed by atoms with E-state index in [1.54, 1.807) is 24.3 Å². The van der Waals surface area contributed by atoms with Crippen LogP contribution in [0.25, 0.3) is 11.1 Å². The van der Waals surface area contributed by atoms with E-state index in [4.69, 9.17) is 4.74 Å². The number of nitrogens with one attached hydrogen (secondary N) is 1. The summed E-state index contributed by atoms with van der Waals surface area (Å²) in [5, 5.41) is 21.8. The standard InChI is InChI=1S/C26H24N2O8S/c1-14(29)36-12-18-13-37-25-21(24(33)28(25)22(18)26(34)35)27-20(31)11-19(30)23(32)17-9-7-16(8-10-17)15-5-3-2-4-6-15/h2-10,19,21,25,30H,11-13H2,1H3,(H,27,31)(H,34,35)/t19?,21-,25-/m1/s1. The fourth-order valence-electron chi connectivity index (χ4n) is 4.13. The third kappa shape index (κ3) is 5.57. The second kappa shape index (κ2) is 11.0. The Hall–Kier alpha value is -3.96. The number of fused-ring (bicyclic) bond motifs is 1. The molecule has 1 unspecified atom stereocenters. The van der Waals surface area contributed by atoms with E-state index in [9.17, 15) is 34.2 Å². The molecule has 2 aliphatic heterocycles. The number of carbonyl (C=O) groups excluding carboxylic acids is 4. The summed E-state index contributed by atoms with van der Waals surface area (Å²) >= 11 is 1.22. The van der Waals surface area contributed by atoms with E-state index in [0.717, 1.165) is 16.0 Å². The van der Waals surface area contributed by atoms with Gasteiger partial charge in [-0.1, -0.05) is 54.6 Å². The molecule has 1 fully saturated rings. The molecule has 3 N–H and O–H groups in total. The van der Waals surface area contributed by atoms with Crippen LogP contribution in [0.2, 0.25) is 0 Å². The number of hydrogen-bond acceptors (Lipinski definition) is 8. The van der Waals surface area contributed by atoms with Crippen LogP contribution in [0.5, 0.6) is 0 Å². The van der Waals surface area contributed by atoms with Crippen molar-refractivity contribution < 1.29 is 38.9 Å². The molecule has 2 aliphatic rings. The molecular formula is C26H24N2O8S. The molecule has 0 radical (unpaired) electrons. The molecule has 0 aromatic heterocycles. The summed E-state index contributed by atoms with van der Waals surface area (Å²) in [5.41, 5.74) is 2.12. The number of carboxylic acids is 1. The molecule has 2 aromatic rings. The van der Waals surface area contributed by atoms with Gasteiger partial charge in [-0.2, -0.15) is 0 Å². The number of aliphatic carboxylic acids is 1. The molecule has 10 nitrogen and oxygen atoms in total. The Balaban J connectivity index is 1.35. The lowest BCUT2D eigenvalue weighted by Crippen LogP contribution is -2.70. The molecule has 192 valence electrons. The molecule has 2 aromatic carbocycles. The van der Waals surface area contributed by atoms with Gasteiger partial charge in [-0.15, -0.1) is 11.8 Å². The number of esters is 1. The highest BCUT2D eigenvalue weighted by Crippen LogP contribution is 2.40. The number of hydrogen-bond donors (Lipinski definition) is 3. The van der Waals surface area contributed by atoms with Crippen LogP contribution in [-0.4, -0.2) is 74.5 Å². The predicted octanol–water partition coefficient (Wildman–Crippen LogP) is 1.59. The van der Waals surface area contributed by atoms with Gasteiger partial charge in [-0.05, 0) is 11.1 Å². The van der Waals surface area contributed by atoms with E-state index in [0.29, 0.717) is 0 Å². The van der Waals surface area contributed by atoms with E-state index >= 15 is 0 Å². The molecule has 37 heavy (non-hydrogen) atoms. The van der Waals surface area contributed by atoms with Crippen LogP contribution in [0, 0.1) is 0 Å². The minimum Gasteiger partial charge on any atom is -0.477 e. The van der Waals surface area contributed by atoms with Crippen LogP contribution < -0.4 is 5.32 Å². The average Bonchev–Trinajstić information content (AvgIpc) is 2.89. The van der Waals surface area contributed by atoms with Gasteiger partial charge in [0.2, 0.25) is 5.91 Å². The Labute approximate surface area is 216 Å². The lowest BCUT2D eigenvalue weighted by atomic mass is 9.99. The first-order valence-corrected chi connectivity index (χ1v) is 12.4. The van der Waals surface area contributed by atoms with E-state index in [1.165, 1.54) is 18.7 Å². The third-order valence-electron chi connectivity index (χ3n) is 5.97. The number of aliphatic hydroxyl groups excluding tert-OH is 1. The Morgan fingerprint density at radius 2 is 1.73 bits per heavy atom. The number of Topliss-reactive ketones (excluding diaryl/α,β-unsaturated/α-hetero) is 1. The number of aliphatic hydroxyl groups is 1. The van der Waals surface area contributed by atoms with Crippen molar-refractivity contribution in [3.8, 4) is 11.1 Å². The largest absolute Gasteiger partial charge is 0.477 e. The minimum atomic E-state index is -1.61. The zero-order valence-corrected chi connectivity index (χ0v) is 20.6. The van der Waals surface area contributed by atoms with Crippen molar-refractivity contribution in [1.82, 2.24) is 10.2 Å². The maximum atomic E-state index is 12.7. The number of carboxylic acid groups (broad SMARTS) is 1. The van der Waals surface area contributed by atoms with Crippen LogP contribution in [-0.2, 0) is 23.9 Å². The lowest BCUT2D eigenvalue weighted by Gasteiger charge is -2.49. The Morgan fingerprint density at radius 1 is 1.08 bits per heavy atom. The van der Waals surface area contributed by atoms with Gasteiger partial charge < -0.3 is 20.3 Å². The van der Waals surface area contributed by atoms with E-state index in [2.05, 4.69) is 5.32 Å². The summed E-state index contributed by atoms with van der Waals surface area (Å²) < 4.78 is 4.89. The Bertz CT molecular complexity index is 1280. The summed E-state index contributed by atoms with van der Waals surface area (Å²) in [4.78, 5) is 61.8. The van der Waals surface area contributed by atoms with Crippen LogP contribution >= 0.6 is 11.8 Å². The highest BCUT2D eigenvalue weighted by atomic mass is 32.2. The van der Waals surface area contributed by atoms with Crippen LogP contribution in [0.3, 0.4) is 0 Å². The second-order valence-corrected chi connectivity index (χ2v) is 9.63. The molecule has 11 heteroatoms. The fourth-order valence-corrected chi connectivity index (χ4v) is 5.46. The number of carbonyl (C=O) groups is 5. The maximum Gasteiger partial charge on any atom is 0.352 e.